The summed E-state index contributed by atoms with van der Waals surface area (Å²) in [5, 5.41) is 13.0. The highest BCUT2D eigenvalue weighted by Gasteiger charge is 2.29. The first-order valence-electron chi connectivity index (χ1n) is 10.8. The highest BCUT2D eigenvalue weighted by atomic mass is 16.5. The van der Waals surface area contributed by atoms with E-state index in [0.29, 0.717) is 5.56 Å². The molecular formula is C27H22N2O4. The number of fused-ring (bicyclic) bond motifs is 4. The van der Waals surface area contributed by atoms with Crippen molar-refractivity contribution in [1.29, 1.82) is 0 Å². The minimum Gasteiger partial charge on any atom is -0.481 e. The zero-order valence-corrected chi connectivity index (χ0v) is 17.8. The van der Waals surface area contributed by atoms with Gasteiger partial charge in [-0.3, -0.25) is 9.78 Å². The molecule has 6 heteroatoms. The van der Waals surface area contributed by atoms with Crippen molar-refractivity contribution in [2.75, 3.05) is 6.61 Å². The van der Waals surface area contributed by atoms with Crippen molar-refractivity contribution in [1.82, 2.24) is 10.3 Å². The van der Waals surface area contributed by atoms with Crippen LogP contribution in [-0.4, -0.2) is 28.8 Å². The van der Waals surface area contributed by atoms with Gasteiger partial charge < -0.3 is 15.2 Å². The van der Waals surface area contributed by atoms with Crippen LogP contribution < -0.4 is 5.32 Å². The average Bonchev–Trinajstić information content (AvgIpc) is 3.15. The van der Waals surface area contributed by atoms with Gasteiger partial charge in [0.25, 0.3) is 0 Å². The molecule has 0 spiro atoms. The van der Waals surface area contributed by atoms with Crippen LogP contribution in [0.3, 0.4) is 0 Å². The summed E-state index contributed by atoms with van der Waals surface area (Å²) in [5.74, 6) is -1.07. The molecule has 0 aliphatic heterocycles. The molecule has 0 bridgehead atoms. The van der Waals surface area contributed by atoms with Gasteiger partial charge in [-0.2, -0.15) is 0 Å². The van der Waals surface area contributed by atoms with Gasteiger partial charge in [-0.15, -0.1) is 0 Å². The minimum atomic E-state index is -1.01. The van der Waals surface area contributed by atoms with Crippen molar-refractivity contribution in [3.05, 3.63) is 102 Å². The molecule has 0 unspecified atom stereocenters. The number of nitrogens with one attached hydrogen (secondary N) is 1. The fourth-order valence-electron chi connectivity index (χ4n) is 4.52. The molecule has 33 heavy (non-hydrogen) atoms. The topological polar surface area (TPSA) is 88.5 Å². The predicted octanol–water partition coefficient (Wildman–Crippen LogP) is 5.29. The minimum absolute atomic E-state index is 0.0622. The molecule has 0 fully saturated rings. The fourth-order valence-corrected chi connectivity index (χ4v) is 4.52. The van der Waals surface area contributed by atoms with Crippen LogP contribution >= 0.6 is 0 Å². The number of aliphatic carboxylic acids is 1. The Hall–Kier alpha value is -4.19. The number of benzene rings is 3. The lowest BCUT2D eigenvalue weighted by Crippen LogP contribution is -2.31. The van der Waals surface area contributed by atoms with Crippen LogP contribution in [0.25, 0.3) is 22.0 Å². The Morgan fingerprint density at radius 1 is 0.939 bits per heavy atom. The van der Waals surface area contributed by atoms with Gasteiger partial charge in [0.2, 0.25) is 0 Å². The predicted molar refractivity (Wildman–Crippen MR) is 125 cm³/mol. The van der Waals surface area contributed by atoms with E-state index in [1.807, 2.05) is 48.5 Å². The molecule has 1 aliphatic carbocycles. The summed E-state index contributed by atoms with van der Waals surface area (Å²) >= 11 is 0. The lowest BCUT2D eigenvalue weighted by Gasteiger charge is -2.19. The maximum Gasteiger partial charge on any atom is 0.407 e. The number of nitrogens with zero attached hydrogens (tertiary/aromatic N) is 1. The smallest absolute Gasteiger partial charge is 0.407 e. The first-order valence-corrected chi connectivity index (χ1v) is 10.8. The molecular weight excluding hydrogens is 416 g/mol. The van der Waals surface area contributed by atoms with Crippen LogP contribution in [0.5, 0.6) is 0 Å². The molecule has 0 saturated carbocycles. The van der Waals surface area contributed by atoms with E-state index in [0.717, 1.165) is 33.2 Å². The van der Waals surface area contributed by atoms with E-state index in [9.17, 15) is 14.7 Å². The number of hydrogen-bond donors (Lipinski definition) is 2. The molecule has 6 nitrogen and oxygen atoms in total. The molecule has 4 aromatic rings. The molecule has 1 heterocycles. The van der Waals surface area contributed by atoms with E-state index in [1.165, 1.54) is 0 Å². The van der Waals surface area contributed by atoms with E-state index in [1.54, 1.807) is 12.3 Å². The van der Waals surface area contributed by atoms with E-state index in [-0.39, 0.29) is 18.9 Å². The second-order valence-electron chi connectivity index (χ2n) is 8.08. The van der Waals surface area contributed by atoms with Crippen LogP contribution in [0.4, 0.5) is 4.79 Å². The highest BCUT2D eigenvalue weighted by Crippen LogP contribution is 2.44. The van der Waals surface area contributed by atoms with Gasteiger partial charge in [-0.25, -0.2) is 4.79 Å². The third kappa shape index (κ3) is 4.15. The lowest BCUT2D eigenvalue weighted by molar-refractivity contribution is -0.137. The van der Waals surface area contributed by atoms with Crippen molar-refractivity contribution < 1.29 is 19.4 Å². The Morgan fingerprint density at radius 2 is 1.64 bits per heavy atom. The number of carbonyl (C=O) groups excluding carboxylic acids is 1. The molecule has 2 N–H and O–H groups in total. The van der Waals surface area contributed by atoms with Crippen LogP contribution in [0.1, 0.15) is 35.1 Å². The van der Waals surface area contributed by atoms with Gasteiger partial charge in [0.1, 0.15) is 6.61 Å². The lowest BCUT2D eigenvalue weighted by atomic mass is 9.98. The Morgan fingerprint density at radius 3 is 2.33 bits per heavy atom. The number of hydrogen-bond acceptors (Lipinski definition) is 4. The summed E-state index contributed by atoms with van der Waals surface area (Å²) in [7, 11) is 0. The Balaban J connectivity index is 1.33. The van der Waals surface area contributed by atoms with Gasteiger partial charge in [0.15, 0.2) is 0 Å². The van der Waals surface area contributed by atoms with E-state index >= 15 is 0 Å². The first-order chi connectivity index (χ1) is 16.1. The van der Waals surface area contributed by atoms with Crippen molar-refractivity contribution in [3.8, 4) is 11.1 Å². The van der Waals surface area contributed by atoms with Gasteiger partial charge in [0.05, 0.1) is 18.0 Å². The molecule has 164 valence electrons. The number of amides is 1. The number of carbonyl (C=O) groups is 2. The summed E-state index contributed by atoms with van der Waals surface area (Å²) in [5.41, 5.74) is 6.03. The Kier molecular flexibility index (Phi) is 5.48. The van der Waals surface area contributed by atoms with Crippen LogP contribution in [0, 0.1) is 0 Å². The molecule has 0 radical (unpaired) electrons. The number of carboxylic acid groups (broad SMARTS) is 1. The Bertz CT molecular complexity index is 1310. The summed E-state index contributed by atoms with van der Waals surface area (Å²) in [6.45, 7) is 0.168. The molecule has 3 aromatic carbocycles. The van der Waals surface area contributed by atoms with Crippen molar-refractivity contribution in [3.63, 3.8) is 0 Å². The number of carboxylic acids is 1. The number of rotatable bonds is 6. The first kappa shape index (κ1) is 20.7. The summed E-state index contributed by atoms with van der Waals surface area (Å²) in [6.07, 6.45) is 0.802. The monoisotopic (exact) mass is 438 g/mol. The van der Waals surface area contributed by atoms with Gasteiger partial charge >= 0.3 is 12.1 Å². The average molecular weight is 438 g/mol. The quantitative estimate of drug-likeness (QED) is 0.427. The van der Waals surface area contributed by atoms with Crippen LogP contribution in [0.15, 0.2) is 85.1 Å². The third-order valence-electron chi connectivity index (χ3n) is 6.04. The third-order valence-corrected chi connectivity index (χ3v) is 6.04. The molecule has 1 amide bonds. The van der Waals surface area contributed by atoms with Crippen molar-refractivity contribution >= 4 is 23.0 Å². The molecule has 1 aromatic heterocycles. The van der Waals surface area contributed by atoms with Crippen molar-refractivity contribution in [2.45, 2.75) is 18.4 Å². The SMILES string of the molecule is O=C(O)C[C@H](NC(=O)OCC1c2ccccc2-c2ccccc21)c1ccc2ncccc2c1. The van der Waals surface area contributed by atoms with Gasteiger partial charge in [-0.05, 0) is 46.0 Å². The summed E-state index contributed by atoms with van der Waals surface area (Å²) in [6, 6.07) is 24.7. The highest BCUT2D eigenvalue weighted by molar-refractivity contribution is 5.81. The van der Waals surface area contributed by atoms with Crippen LogP contribution in [0.2, 0.25) is 0 Å². The number of alkyl carbamates (subject to hydrolysis) is 1. The number of pyridine rings is 1. The summed E-state index contributed by atoms with van der Waals surface area (Å²) < 4.78 is 5.61. The second-order valence-corrected chi connectivity index (χ2v) is 8.08. The molecule has 0 saturated heterocycles. The molecule has 1 aliphatic rings. The maximum absolute atomic E-state index is 12.7. The largest absolute Gasteiger partial charge is 0.481 e. The fraction of sp³-hybridized carbons (Fsp3) is 0.148. The second kappa shape index (κ2) is 8.74. The van der Waals surface area contributed by atoms with Gasteiger partial charge in [-0.1, -0.05) is 60.7 Å². The van der Waals surface area contributed by atoms with Gasteiger partial charge in [0, 0.05) is 17.5 Å². The van der Waals surface area contributed by atoms with E-state index in [4.69, 9.17) is 4.74 Å². The molecule has 1 atom stereocenters. The zero-order chi connectivity index (χ0) is 22.8. The molecule has 5 rings (SSSR count). The van der Waals surface area contributed by atoms with E-state index < -0.39 is 18.1 Å². The van der Waals surface area contributed by atoms with Crippen molar-refractivity contribution in [2.24, 2.45) is 0 Å². The standard InChI is InChI=1S/C27H22N2O4/c30-26(31)15-25(18-11-12-24-17(14-18)6-5-13-28-24)29-27(32)33-16-23-21-9-3-1-7-19(21)20-8-2-4-10-22(20)23/h1-14,23,25H,15-16H2,(H,29,32)(H,30,31)/t25-/m0/s1. The normalized spacial score (nSPS) is 13.2. The number of aromatic nitrogens is 1. The zero-order valence-electron chi connectivity index (χ0n) is 17.8. The Labute approximate surface area is 190 Å². The van der Waals surface area contributed by atoms with Crippen LogP contribution in [-0.2, 0) is 9.53 Å². The number of ether oxygens (including phenoxy) is 1. The summed E-state index contributed by atoms with van der Waals surface area (Å²) in [4.78, 5) is 28.5. The van der Waals surface area contributed by atoms with E-state index in [2.05, 4.69) is 34.6 Å². The maximum atomic E-state index is 12.7.